The largest absolute Gasteiger partial charge is 0.493 e. The lowest BCUT2D eigenvalue weighted by atomic mass is 10.1. The number of carbonyl (C=O) groups excluding carboxylic acids is 1. The Hall–Kier alpha value is -3.47. The molecule has 5 nitrogen and oxygen atoms in total. The first-order valence-corrected chi connectivity index (χ1v) is 9.80. The maximum absolute atomic E-state index is 13.2. The third kappa shape index (κ3) is 4.74. The maximum atomic E-state index is 13.2. The van der Waals surface area contributed by atoms with Crippen LogP contribution in [0.15, 0.2) is 72.8 Å². The van der Waals surface area contributed by atoms with E-state index in [4.69, 9.17) is 14.2 Å². The molecule has 1 amide bonds. The van der Waals surface area contributed by atoms with Crippen LogP contribution in [-0.2, 0) is 6.61 Å². The first-order valence-electron chi connectivity index (χ1n) is 9.80. The Labute approximate surface area is 177 Å². The van der Waals surface area contributed by atoms with E-state index in [9.17, 15) is 4.79 Å². The molecule has 0 fully saturated rings. The highest BCUT2D eigenvalue weighted by molar-refractivity contribution is 5.95. The fourth-order valence-electron chi connectivity index (χ4n) is 3.21. The summed E-state index contributed by atoms with van der Waals surface area (Å²) in [5, 5.41) is 0. The smallest absolute Gasteiger partial charge is 0.254 e. The van der Waals surface area contributed by atoms with E-state index >= 15 is 0 Å². The van der Waals surface area contributed by atoms with E-state index in [1.807, 2.05) is 67.6 Å². The van der Waals surface area contributed by atoms with Gasteiger partial charge in [-0.3, -0.25) is 4.79 Å². The van der Waals surface area contributed by atoms with Gasteiger partial charge in [0.05, 0.1) is 20.3 Å². The van der Waals surface area contributed by atoms with Crippen LogP contribution < -0.4 is 14.2 Å². The number of hydrogen-bond acceptors (Lipinski definition) is 4. The molecule has 3 aromatic rings. The van der Waals surface area contributed by atoms with Gasteiger partial charge in [0.25, 0.3) is 5.91 Å². The number of carbonyl (C=O) groups is 1. The van der Waals surface area contributed by atoms with Crippen LogP contribution in [0.2, 0.25) is 0 Å². The van der Waals surface area contributed by atoms with Crippen LogP contribution in [0.3, 0.4) is 0 Å². The lowest BCUT2D eigenvalue weighted by molar-refractivity contribution is 0.0741. The lowest BCUT2D eigenvalue weighted by Gasteiger charge is -2.26. The van der Waals surface area contributed by atoms with E-state index in [-0.39, 0.29) is 11.9 Å². The van der Waals surface area contributed by atoms with Gasteiger partial charge < -0.3 is 19.1 Å². The quantitative estimate of drug-likeness (QED) is 0.522. The van der Waals surface area contributed by atoms with E-state index in [1.165, 1.54) is 0 Å². The fourth-order valence-corrected chi connectivity index (χ4v) is 3.21. The monoisotopic (exact) mass is 405 g/mol. The molecule has 3 aromatic carbocycles. The third-order valence-electron chi connectivity index (χ3n) is 5.12. The molecule has 0 saturated carbocycles. The molecule has 0 heterocycles. The Balaban J connectivity index is 1.85. The lowest BCUT2D eigenvalue weighted by Crippen LogP contribution is -2.29. The van der Waals surface area contributed by atoms with Crippen molar-refractivity contribution in [1.29, 1.82) is 0 Å². The topological polar surface area (TPSA) is 48.0 Å². The molecule has 3 rings (SSSR count). The van der Waals surface area contributed by atoms with Crippen LogP contribution >= 0.6 is 0 Å². The van der Waals surface area contributed by atoms with Crippen LogP contribution in [0.25, 0.3) is 0 Å². The van der Waals surface area contributed by atoms with Gasteiger partial charge in [-0.25, -0.2) is 0 Å². The summed E-state index contributed by atoms with van der Waals surface area (Å²) in [5.74, 6) is 1.25. The second-order valence-electron chi connectivity index (χ2n) is 6.99. The molecule has 0 aromatic heterocycles. The predicted molar refractivity (Wildman–Crippen MR) is 117 cm³/mol. The average Bonchev–Trinajstić information content (AvgIpc) is 2.81. The SMILES string of the molecule is COc1cc(C(=O)N(C)[C@H](C)c2ccccc2)cc(OC)c1OCc1ccccc1. The molecule has 5 heteroatoms. The molecule has 0 radical (unpaired) electrons. The zero-order valence-corrected chi connectivity index (χ0v) is 17.8. The van der Waals surface area contributed by atoms with Gasteiger partial charge in [0.2, 0.25) is 5.75 Å². The number of amides is 1. The predicted octanol–water partition coefficient (Wildman–Crippen LogP) is 5.12. The molecular formula is C25H27NO4. The first kappa shape index (κ1) is 21.2. The van der Waals surface area contributed by atoms with Crippen LogP contribution in [0, 0.1) is 0 Å². The molecule has 1 atom stereocenters. The summed E-state index contributed by atoms with van der Waals surface area (Å²) in [5.41, 5.74) is 2.56. The van der Waals surface area contributed by atoms with Crippen molar-refractivity contribution in [2.75, 3.05) is 21.3 Å². The minimum absolute atomic E-state index is 0.0790. The van der Waals surface area contributed by atoms with E-state index in [2.05, 4.69) is 0 Å². The summed E-state index contributed by atoms with van der Waals surface area (Å²) in [4.78, 5) is 14.9. The second kappa shape index (κ2) is 9.83. The Kier molecular flexibility index (Phi) is 6.96. The Morgan fingerprint density at radius 2 is 1.43 bits per heavy atom. The van der Waals surface area contributed by atoms with Gasteiger partial charge in [0.1, 0.15) is 6.61 Å². The van der Waals surface area contributed by atoms with Crippen molar-refractivity contribution >= 4 is 5.91 Å². The van der Waals surface area contributed by atoms with Gasteiger partial charge in [0, 0.05) is 12.6 Å². The maximum Gasteiger partial charge on any atom is 0.254 e. The molecule has 30 heavy (non-hydrogen) atoms. The Morgan fingerprint density at radius 3 is 1.97 bits per heavy atom. The second-order valence-corrected chi connectivity index (χ2v) is 6.99. The van der Waals surface area contributed by atoms with Crippen molar-refractivity contribution in [3.8, 4) is 17.2 Å². The van der Waals surface area contributed by atoms with Crippen molar-refractivity contribution < 1.29 is 19.0 Å². The van der Waals surface area contributed by atoms with Gasteiger partial charge in [-0.2, -0.15) is 0 Å². The molecule has 0 aliphatic rings. The van der Waals surface area contributed by atoms with E-state index in [0.29, 0.717) is 29.4 Å². The highest BCUT2D eigenvalue weighted by Gasteiger charge is 2.23. The summed E-state index contributed by atoms with van der Waals surface area (Å²) in [6.07, 6.45) is 0. The molecule has 0 bridgehead atoms. The highest BCUT2D eigenvalue weighted by atomic mass is 16.5. The average molecular weight is 405 g/mol. The Bertz CT molecular complexity index is 948. The number of ether oxygens (including phenoxy) is 3. The number of nitrogens with zero attached hydrogens (tertiary/aromatic N) is 1. The van der Waals surface area contributed by atoms with Gasteiger partial charge in [-0.1, -0.05) is 60.7 Å². The van der Waals surface area contributed by atoms with Gasteiger partial charge in [-0.15, -0.1) is 0 Å². The van der Waals surface area contributed by atoms with Crippen LogP contribution in [0.1, 0.15) is 34.5 Å². The van der Waals surface area contributed by atoms with Gasteiger partial charge in [-0.05, 0) is 30.2 Å². The van der Waals surface area contributed by atoms with E-state index < -0.39 is 0 Å². The highest BCUT2D eigenvalue weighted by Crippen LogP contribution is 2.39. The zero-order valence-electron chi connectivity index (χ0n) is 17.8. The van der Waals surface area contributed by atoms with E-state index in [0.717, 1.165) is 11.1 Å². The summed E-state index contributed by atoms with van der Waals surface area (Å²) in [6, 6.07) is 23.1. The molecule has 0 unspecified atom stereocenters. The third-order valence-corrected chi connectivity index (χ3v) is 5.12. The summed E-state index contributed by atoms with van der Waals surface area (Å²) in [7, 11) is 4.89. The number of benzene rings is 3. The Morgan fingerprint density at radius 1 is 0.900 bits per heavy atom. The van der Waals surface area contributed by atoms with Gasteiger partial charge in [0.15, 0.2) is 11.5 Å². The van der Waals surface area contributed by atoms with Crippen molar-refractivity contribution in [3.63, 3.8) is 0 Å². The van der Waals surface area contributed by atoms with Crippen LogP contribution in [0.4, 0.5) is 0 Å². The van der Waals surface area contributed by atoms with Crippen molar-refractivity contribution in [1.82, 2.24) is 4.90 Å². The molecule has 0 saturated heterocycles. The van der Waals surface area contributed by atoms with Crippen molar-refractivity contribution in [3.05, 3.63) is 89.5 Å². The first-order chi connectivity index (χ1) is 14.5. The number of methoxy groups -OCH3 is 2. The van der Waals surface area contributed by atoms with Crippen molar-refractivity contribution in [2.24, 2.45) is 0 Å². The minimum Gasteiger partial charge on any atom is -0.493 e. The standard InChI is InChI=1S/C25H27NO4/c1-18(20-13-9-6-10-14-20)26(2)25(27)21-15-22(28-3)24(23(16-21)29-4)30-17-19-11-7-5-8-12-19/h5-16,18H,17H2,1-4H3/t18-/m1/s1. The number of rotatable bonds is 8. The normalized spacial score (nSPS) is 11.5. The molecular weight excluding hydrogens is 378 g/mol. The molecule has 0 aliphatic heterocycles. The molecule has 156 valence electrons. The zero-order chi connectivity index (χ0) is 21.5. The summed E-state index contributed by atoms with van der Waals surface area (Å²) >= 11 is 0. The van der Waals surface area contributed by atoms with Crippen molar-refractivity contribution in [2.45, 2.75) is 19.6 Å². The molecule has 0 aliphatic carbocycles. The fraction of sp³-hybridized carbons (Fsp3) is 0.240. The van der Waals surface area contributed by atoms with Crippen LogP contribution in [-0.4, -0.2) is 32.1 Å². The minimum atomic E-state index is -0.127. The molecule has 0 spiro atoms. The van der Waals surface area contributed by atoms with Crippen LogP contribution in [0.5, 0.6) is 17.2 Å². The van der Waals surface area contributed by atoms with E-state index in [1.54, 1.807) is 38.3 Å². The number of hydrogen-bond donors (Lipinski definition) is 0. The molecule has 0 N–H and O–H groups in total. The van der Waals surface area contributed by atoms with Gasteiger partial charge >= 0.3 is 0 Å². The summed E-state index contributed by atoms with van der Waals surface area (Å²) < 4.78 is 17.0. The summed E-state index contributed by atoms with van der Waals surface area (Å²) in [6.45, 7) is 2.37.